The van der Waals surface area contributed by atoms with Gasteiger partial charge in [-0.2, -0.15) is 22.5 Å². The minimum Gasteiger partial charge on any atom is -0.481 e. The van der Waals surface area contributed by atoms with Crippen LogP contribution in [-0.2, 0) is 11.0 Å². The van der Waals surface area contributed by atoms with Crippen molar-refractivity contribution in [2.75, 3.05) is 5.32 Å². The lowest BCUT2D eigenvalue weighted by atomic mass is 10.0. The van der Waals surface area contributed by atoms with Crippen molar-refractivity contribution in [3.8, 4) is 0 Å². The molecule has 0 spiro atoms. The summed E-state index contributed by atoms with van der Waals surface area (Å²) in [5.74, 6) is -2.30. The smallest absolute Gasteiger partial charge is 0.452 e. The van der Waals surface area contributed by atoms with E-state index in [0.717, 1.165) is 0 Å². The van der Waals surface area contributed by atoms with Crippen LogP contribution in [0.25, 0.3) is 0 Å². The lowest BCUT2D eigenvalue weighted by Gasteiger charge is -2.19. The molecular weight excluding hydrogens is 271 g/mol. The number of carboxylic acids is 1. The van der Waals surface area contributed by atoms with E-state index in [4.69, 9.17) is 5.11 Å². The van der Waals surface area contributed by atoms with Gasteiger partial charge in [-0.3, -0.25) is 4.79 Å². The SMILES string of the molecule is CC(C)C(CC(=O)O)Nc1nc(C(F)(F)F)ns1. The number of halogens is 3. The highest BCUT2D eigenvalue weighted by molar-refractivity contribution is 7.09. The first-order valence-electron chi connectivity index (χ1n) is 5.09. The predicted molar refractivity (Wildman–Crippen MR) is 59.4 cm³/mol. The molecular formula is C9H12F3N3O2S. The Hall–Kier alpha value is -1.38. The summed E-state index contributed by atoms with van der Waals surface area (Å²) < 4.78 is 40.0. The Labute approximate surface area is 105 Å². The number of carbonyl (C=O) groups is 1. The van der Waals surface area contributed by atoms with Crippen LogP contribution in [0.2, 0.25) is 0 Å². The zero-order chi connectivity index (χ0) is 13.9. The van der Waals surface area contributed by atoms with Gasteiger partial charge in [0.1, 0.15) is 0 Å². The minimum absolute atomic E-state index is 0.0257. The van der Waals surface area contributed by atoms with E-state index in [2.05, 4.69) is 14.7 Å². The molecule has 0 saturated heterocycles. The van der Waals surface area contributed by atoms with Gasteiger partial charge in [-0.05, 0) is 5.92 Å². The van der Waals surface area contributed by atoms with Gasteiger partial charge in [0.25, 0.3) is 0 Å². The number of nitrogens with zero attached hydrogens (tertiary/aromatic N) is 2. The number of hydrogen-bond donors (Lipinski definition) is 2. The second kappa shape index (κ2) is 5.51. The monoisotopic (exact) mass is 283 g/mol. The zero-order valence-corrected chi connectivity index (χ0v) is 10.5. The molecule has 0 aliphatic rings. The normalized spacial score (nSPS) is 13.7. The second-order valence-corrected chi connectivity index (χ2v) is 4.77. The van der Waals surface area contributed by atoms with Crippen LogP contribution in [0.15, 0.2) is 0 Å². The molecule has 1 heterocycles. The van der Waals surface area contributed by atoms with Gasteiger partial charge < -0.3 is 10.4 Å². The number of aliphatic carboxylic acids is 1. The fourth-order valence-electron chi connectivity index (χ4n) is 1.20. The van der Waals surface area contributed by atoms with Gasteiger partial charge in [0.05, 0.1) is 6.42 Å². The number of hydrogen-bond acceptors (Lipinski definition) is 5. The van der Waals surface area contributed by atoms with Gasteiger partial charge in [0.15, 0.2) is 0 Å². The van der Waals surface area contributed by atoms with Crippen LogP contribution in [0, 0.1) is 5.92 Å². The van der Waals surface area contributed by atoms with Crippen LogP contribution in [-0.4, -0.2) is 26.5 Å². The van der Waals surface area contributed by atoms with Gasteiger partial charge in [-0.25, -0.2) is 0 Å². The quantitative estimate of drug-likeness (QED) is 0.868. The molecule has 0 aliphatic carbocycles. The van der Waals surface area contributed by atoms with Crippen molar-refractivity contribution < 1.29 is 23.1 Å². The van der Waals surface area contributed by atoms with Gasteiger partial charge >= 0.3 is 12.1 Å². The molecule has 1 rings (SSSR count). The Kier molecular flexibility index (Phi) is 4.49. The second-order valence-electron chi connectivity index (χ2n) is 4.01. The molecule has 0 radical (unpaired) electrons. The van der Waals surface area contributed by atoms with Crippen LogP contribution in [0.4, 0.5) is 18.3 Å². The number of anilines is 1. The number of rotatable bonds is 5. The van der Waals surface area contributed by atoms with Crippen LogP contribution < -0.4 is 5.32 Å². The van der Waals surface area contributed by atoms with Crippen molar-refractivity contribution >= 4 is 22.6 Å². The summed E-state index contributed by atoms with van der Waals surface area (Å²) in [6.45, 7) is 3.54. The molecule has 0 aromatic carbocycles. The summed E-state index contributed by atoms with van der Waals surface area (Å²) in [4.78, 5) is 13.9. The number of nitrogens with one attached hydrogen (secondary N) is 1. The molecule has 18 heavy (non-hydrogen) atoms. The summed E-state index contributed by atoms with van der Waals surface area (Å²) in [5, 5.41) is 11.3. The first-order valence-corrected chi connectivity index (χ1v) is 5.86. The lowest BCUT2D eigenvalue weighted by Crippen LogP contribution is -2.28. The minimum atomic E-state index is -4.59. The average Bonchev–Trinajstić information content (AvgIpc) is 2.63. The largest absolute Gasteiger partial charge is 0.481 e. The molecule has 1 unspecified atom stereocenters. The topological polar surface area (TPSA) is 75.1 Å². The fraction of sp³-hybridized carbons (Fsp3) is 0.667. The Morgan fingerprint density at radius 2 is 2.11 bits per heavy atom. The van der Waals surface area contributed by atoms with Gasteiger partial charge in [-0.1, -0.05) is 13.8 Å². The van der Waals surface area contributed by atoms with E-state index in [1.54, 1.807) is 13.8 Å². The van der Waals surface area contributed by atoms with Gasteiger partial charge in [-0.15, -0.1) is 0 Å². The van der Waals surface area contributed by atoms with Crippen molar-refractivity contribution in [3.63, 3.8) is 0 Å². The van der Waals surface area contributed by atoms with E-state index < -0.39 is 24.0 Å². The van der Waals surface area contributed by atoms with Crippen molar-refractivity contribution in [2.45, 2.75) is 32.5 Å². The summed E-state index contributed by atoms with van der Waals surface area (Å²) in [5.41, 5.74) is 0. The zero-order valence-electron chi connectivity index (χ0n) is 9.65. The average molecular weight is 283 g/mol. The highest BCUT2D eigenvalue weighted by atomic mass is 32.1. The molecule has 0 aliphatic heterocycles. The van der Waals surface area contributed by atoms with Crippen LogP contribution in [0.3, 0.4) is 0 Å². The van der Waals surface area contributed by atoms with E-state index in [-0.39, 0.29) is 17.5 Å². The van der Waals surface area contributed by atoms with E-state index >= 15 is 0 Å². The molecule has 2 N–H and O–H groups in total. The van der Waals surface area contributed by atoms with E-state index in [9.17, 15) is 18.0 Å². The van der Waals surface area contributed by atoms with Crippen molar-refractivity contribution in [3.05, 3.63) is 5.82 Å². The van der Waals surface area contributed by atoms with Crippen molar-refractivity contribution in [1.82, 2.24) is 9.36 Å². The first-order chi connectivity index (χ1) is 8.20. The van der Waals surface area contributed by atoms with Gasteiger partial charge in [0, 0.05) is 17.6 Å². The Bertz CT molecular complexity index is 419. The first kappa shape index (κ1) is 14.7. The van der Waals surface area contributed by atoms with Crippen LogP contribution >= 0.6 is 11.5 Å². The summed E-state index contributed by atoms with van der Waals surface area (Å²) >= 11 is 0.564. The maximum absolute atomic E-state index is 12.3. The maximum Gasteiger partial charge on any atom is 0.452 e. The Balaban J connectivity index is 2.76. The molecule has 0 bridgehead atoms. The Morgan fingerprint density at radius 3 is 2.50 bits per heavy atom. The van der Waals surface area contributed by atoms with Crippen molar-refractivity contribution in [1.29, 1.82) is 0 Å². The number of aromatic nitrogens is 2. The Morgan fingerprint density at radius 1 is 1.50 bits per heavy atom. The van der Waals surface area contributed by atoms with Crippen molar-refractivity contribution in [2.24, 2.45) is 5.92 Å². The molecule has 102 valence electrons. The lowest BCUT2D eigenvalue weighted by molar-refractivity contribution is -0.144. The molecule has 9 heteroatoms. The fourth-order valence-corrected chi connectivity index (χ4v) is 1.85. The molecule has 1 aromatic heterocycles. The van der Waals surface area contributed by atoms with E-state index in [1.165, 1.54) is 0 Å². The van der Waals surface area contributed by atoms with E-state index in [0.29, 0.717) is 11.5 Å². The third-order valence-corrected chi connectivity index (χ3v) is 2.83. The van der Waals surface area contributed by atoms with Crippen LogP contribution in [0.1, 0.15) is 26.1 Å². The van der Waals surface area contributed by atoms with Crippen LogP contribution in [0.5, 0.6) is 0 Å². The summed E-state index contributed by atoms with van der Waals surface area (Å²) in [6.07, 6.45) is -4.78. The highest BCUT2D eigenvalue weighted by Crippen LogP contribution is 2.29. The summed E-state index contributed by atoms with van der Waals surface area (Å²) in [7, 11) is 0. The summed E-state index contributed by atoms with van der Waals surface area (Å²) in [6, 6.07) is -0.489. The number of alkyl halides is 3. The highest BCUT2D eigenvalue weighted by Gasteiger charge is 2.36. The third-order valence-electron chi connectivity index (χ3n) is 2.19. The molecule has 0 amide bonds. The van der Waals surface area contributed by atoms with Gasteiger partial charge in [0.2, 0.25) is 11.0 Å². The molecule has 5 nitrogen and oxygen atoms in total. The number of carboxylic acid groups (broad SMARTS) is 1. The molecule has 1 atom stereocenters. The molecule has 0 fully saturated rings. The maximum atomic E-state index is 12.3. The third kappa shape index (κ3) is 4.13. The standard InChI is InChI=1S/C9H12F3N3O2S/c1-4(2)5(3-6(16)17)13-8-14-7(15-18-8)9(10,11)12/h4-5H,3H2,1-2H3,(H,16,17)(H,13,14,15). The predicted octanol–water partition coefficient (Wildman–Crippen LogP) is 2.47. The molecule has 1 aromatic rings. The van der Waals surface area contributed by atoms with E-state index in [1.807, 2.05) is 0 Å². The molecule has 0 saturated carbocycles.